The van der Waals surface area contributed by atoms with Crippen LogP contribution in [0.3, 0.4) is 0 Å². The second-order valence-corrected chi connectivity index (χ2v) is 6.25. The summed E-state index contributed by atoms with van der Waals surface area (Å²) in [4.78, 5) is 2.10. The zero-order valence-electron chi connectivity index (χ0n) is 14.3. The first-order valence-electron chi connectivity index (χ1n) is 7.72. The van der Waals surface area contributed by atoms with E-state index < -0.39 is 0 Å². The van der Waals surface area contributed by atoms with Gasteiger partial charge in [0.15, 0.2) is 0 Å². The van der Waals surface area contributed by atoms with E-state index in [1.165, 1.54) is 5.56 Å². The van der Waals surface area contributed by atoms with E-state index >= 15 is 0 Å². The fourth-order valence-corrected chi connectivity index (χ4v) is 2.37. The van der Waals surface area contributed by atoms with E-state index in [4.69, 9.17) is 16.3 Å². The molecule has 0 aliphatic rings. The van der Waals surface area contributed by atoms with Gasteiger partial charge in [0.25, 0.3) is 0 Å². The normalized spacial score (nSPS) is 11.2. The van der Waals surface area contributed by atoms with Crippen LogP contribution in [0.25, 0.3) is 0 Å². The number of rotatable bonds is 8. The van der Waals surface area contributed by atoms with Gasteiger partial charge in [-0.2, -0.15) is 5.10 Å². The Bertz CT molecular complexity index is 622. The third kappa shape index (κ3) is 5.23. The average molecular weight is 337 g/mol. The summed E-state index contributed by atoms with van der Waals surface area (Å²) in [6.45, 7) is 5.00. The Morgan fingerprint density at radius 1 is 1.22 bits per heavy atom. The van der Waals surface area contributed by atoms with Crippen LogP contribution in [0.2, 0.25) is 5.02 Å². The van der Waals surface area contributed by atoms with Gasteiger partial charge in [0, 0.05) is 26.7 Å². The van der Waals surface area contributed by atoms with Crippen molar-refractivity contribution in [2.45, 2.75) is 20.0 Å². The molecule has 2 rings (SSSR count). The lowest BCUT2D eigenvalue weighted by molar-refractivity contribution is 0.261. The Labute approximate surface area is 143 Å². The molecule has 0 spiro atoms. The second-order valence-electron chi connectivity index (χ2n) is 5.87. The molecular weight excluding hydrogens is 312 g/mol. The molecule has 0 amide bonds. The summed E-state index contributed by atoms with van der Waals surface area (Å²) in [5.41, 5.74) is 3.08. The van der Waals surface area contributed by atoms with E-state index in [9.17, 15) is 0 Å². The van der Waals surface area contributed by atoms with Gasteiger partial charge in [0.1, 0.15) is 12.4 Å². The Kier molecular flexibility index (Phi) is 6.45. The van der Waals surface area contributed by atoms with Crippen LogP contribution in [-0.2, 0) is 20.1 Å². The number of hydrogen-bond acceptors (Lipinski definition) is 4. The van der Waals surface area contributed by atoms with E-state index in [2.05, 4.69) is 27.4 Å². The standard InChI is InChI=1S/C17H25ClN4O/c1-13-17(18)16(20-22(13)4)12-19-11-14-5-7-15(8-6-14)23-10-9-21(2)3/h5-8,19H,9-12H2,1-4H3. The minimum absolute atomic E-state index is 0.654. The Morgan fingerprint density at radius 2 is 1.91 bits per heavy atom. The van der Waals surface area contributed by atoms with E-state index in [0.717, 1.165) is 35.2 Å². The van der Waals surface area contributed by atoms with Crippen molar-refractivity contribution >= 4 is 11.6 Å². The maximum Gasteiger partial charge on any atom is 0.119 e. The van der Waals surface area contributed by atoms with Crippen LogP contribution in [0, 0.1) is 6.92 Å². The second kappa shape index (κ2) is 8.34. The Hall–Kier alpha value is -1.56. The smallest absolute Gasteiger partial charge is 0.119 e. The monoisotopic (exact) mass is 336 g/mol. The number of aromatic nitrogens is 2. The maximum atomic E-state index is 6.24. The topological polar surface area (TPSA) is 42.3 Å². The Morgan fingerprint density at radius 3 is 2.48 bits per heavy atom. The van der Waals surface area contributed by atoms with Gasteiger partial charge in [-0.05, 0) is 38.7 Å². The molecule has 1 N–H and O–H groups in total. The molecule has 0 saturated carbocycles. The molecule has 126 valence electrons. The highest BCUT2D eigenvalue weighted by Gasteiger charge is 2.09. The first-order chi connectivity index (χ1) is 11.0. The van der Waals surface area contributed by atoms with Crippen molar-refractivity contribution in [2.75, 3.05) is 27.2 Å². The lowest BCUT2D eigenvalue weighted by Crippen LogP contribution is -2.19. The van der Waals surface area contributed by atoms with Gasteiger partial charge in [-0.1, -0.05) is 23.7 Å². The number of aryl methyl sites for hydroxylation is 1. The number of ether oxygens (including phenoxy) is 1. The molecule has 0 aliphatic carbocycles. The molecule has 0 unspecified atom stereocenters. The van der Waals surface area contributed by atoms with Crippen molar-refractivity contribution in [1.82, 2.24) is 20.0 Å². The molecule has 0 atom stereocenters. The van der Waals surface area contributed by atoms with Crippen LogP contribution < -0.4 is 10.1 Å². The zero-order valence-corrected chi connectivity index (χ0v) is 15.0. The van der Waals surface area contributed by atoms with Crippen molar-refractivity contribution in [2.24, 2.45) is 7.05 Å². The summed E-state index contributed by atoms with van der Waals surface area (Å²) < 4.78 is 7.49. The molecule has 1 heterocycles. The van der Waals surface area contributed by atoms with Crippen molar-refractivity contribution < 1.29 is 4.74 Å². The molecule has 0 radical (unpaired) electrons. The molecule has 1 aromatic heterocycles. The van der Waals surface area contributed by atoms with Gasteiger partial charge in [-0.15, -0.1) is 0 Å². The maximum absolute atomic E-state index is 6.24. The molecule has 23 heavy (non-hydrogen) atoms. The highest BCUT2D eigenvalue weighted by atomic mass is 35.5. The third-order valence-electron chi connectivity index (χ3n) is 3.68. The van der Waals surface area contributed by atoms with Crippen LogP contribution >= 0.6 is 11.6 Å². The van der Waals surface area contributed by atoms with Crippen LogP contribution in [0.4, 0.5) is 0 Å². The molecule has 1 aromatic carbocycles. The number of nitrogens with zero attached hydrogens (tertiary/aromatic N) is 3. The minimum atomic E-state index is 0.654. The van der Waals surface area contributed by atoms with Gasteiger partial charge in [0.2, 0.25) is 0 Å². The number of nitrogens with one attached hydrogen (secondary N) is 1. The zero-order chi connectivity index (χ0) is 16.8. The lowest BCUT2D eigenvalue weighted by atomic mass is 10.2. The Balaban J connectivity index is 1.78. The predicted octanol–water partition coefficient (Wildman–Crippen LogP) is 2.61. The van der Waals surface area contributed by atoms with Gasteiger partial charge < -0.3 is 15.0 Å². The van der Waals surface area contributed by atoms with E-state index in [-0.39, 0.29) is 0 Å². The fourth-order valence-electron chi connectivity index (χ4n) is 2.14. The van der Waals surface area contributed by atoms with E-state index in [1.54, 1.807) is 4.68 Å². The number of halogens is 1. The minimum Gasteiger partial charge on any atom is -0.492 e. The lowest BCUT2D eigenvalue weighted by Gasteiger charge is -2.11. The highest BCUT2D eigenvalue weighted by Crippen LogP contribution is 2.19. The summed E-state index contributed by atoms with van der Waals surface area (Å²) in [5.74, 6) is 0.902. The van der Waals surface area contributed by atoms with Gasteiger partial charge >= 0.3 is 0 Å². The molecule has 2 aromatic rings. The number of hydrogen-bond donors (Lipinski definition) is 1. The summed E-state index contributed by atoms with van der Waals surface area (Å²) >= 11 is 6.24. The van der Waals surface area contributed by atoms with E-state index in [1.807, 2.05) is 40.2 Å². The number of likely N-dealkylation sites (N-methyl/N-ethyl adjacent to an activating group) is 1. The van der Waals surface area contributed by atoms with Crippen molar-refractivity contribution in [3.63, 3.8) is 0 Å². The third-order valence-corrected chi connectivity index (χ3v) is 4.17. The first-order valence-corrected chi connectivity index (χ1v) is 8.10. The molecule has 0 saturated heterocycles. The van der Waals surface area contributed by atoms with Crippen LogP contribution in [0.5, 0.6) is 5.75 Å². The van der Waals surface area contributed by atoms with Gasteiger partial charge in [0.05, 0.1) is 16.4 Å². The summed E-state index contributed by atoms with van der Waals surface area (Å²) in [6.07, 6.45) is 0. The molecule has 0 bridgehead atoms. The van der Waals surface area contributed by atoms with E-state index in [0.29, 0.717) is 13.2 Å². The predicted molar refractivity (Wildman–Crippen MR) is 94.0 cm³/mol. The van der Waals surface area contributed by atoms with Crippen molar-refractivity contribution in [3.05, 3.63) is 46.2 Å². The quantitative estimate of drug-likeness (QED) is 0.804. The average Bonchev–Trinajstić information content (AvgIpc) is 2.76. The highest BCUT2D eigenvalue weighted by molar-refractivity contribution is 6.31. The van der Waals surface area contributed by atoms with Crippen LogP contribution in [0.1, 0.15) is 17.0 Å². The first kappa shape index (κ1) is 17.8. The SMILES string of the molecule is Cc1c(Cl)c(CNCc2ccc(OCCN(C)C)cc2)nn1C. The summed E-state index contributed by atoms with van der Waals surface area (Å²) in [5, 5.41) is 8.51. The van der Waals surface area contributed by atoms with Crippen LogP contribution in [0.15, 0.2) is 24.3 Å². The van der Waals surface area contributed by atoms with Crippen molar-refractivity contribution in [3.8, 4) is 5.75 Å². The van der Waals surface area contributed by atoms with Crippen LogP contribution in [-0.4, -0.2) is 41.9 Å². The molecule has 0 aliphatic heterocycles. The van der Waals surface area contributed by atoms with Crippen molar-refractivity contribution in [1.29, 1.82) is 0 Å². The largest absolute Gasteiger partial charge is 0.492 e. The summed E-state index contributed by atoms with van der Waals surface area (Å²) in [7, 11) is 5.97. The van der Waals surface area contributed by atoms with Gasteiger partial charge in [-0.3, -0.25) is 4.68 Å². The van der Waals surface area contributed by atoms with Gasteiger partial charge in [-0.25, -0.2) is 0 Å². The number of benzene rings is 1. The summed E-state index contributed by atoms with van der Waals surface area (Å²) in [6, 6.07) is 8.15. The molecule has 5 nitrogen and oxygen atoms in total. The molecule has 0 fully saturated rings. The molecule has 6 heteroatoms. The fraction of sp³-hybridized carbons (Fsp3) is 0.471. The molecular formula is C17H25ClN4O.